The van der Waals surface area contributed by atoms with Crippen LogP contribution in [0.1, 0.15) is 36.5 Å². The molecule has 0 nitrogen and oxygen atoms in total. The Bertz CT molecular complexity index is 366. The fourth-order valence-corrected chi connectivity index (χ4v) is 3.11. The summed E-state index contributed by atoms with van der Waals surface area (Å²) >= 11 is 3.88. The fraction of sp³-hybridized carbons (Fsp3) is 0.600. The molecule has 0 heterocycles. The van der Waals surface area contributed by atoms with Crippen molar-refractivity contribution >= 4 is 15.9 Å². The van der Waals surface area contributed by atoms with Crippen molar-refractivity contribution in [1.29, 1.82) is 0 Å². The first-order valence-electron chi connectivity index (χ1n) is 6.28. The highest BCUT2D eigenvalue weighted by molar-refractivity contribution is 9.09. The number of rotatable bonds is 4. The predicted molar refractivity (Wildman–Crippen MR) is 74.2 cm³/mol. The van der Waals surface area contributed by atoms with Crippen LogP contribution in [0, 0.1) is 25.7 Å². The lowest BCUT2D eigenvalue weighted by atomic mass is 9.94. The van der Waals surface area contributed by atoms with E-state index in [1.807, 2.05) is 0 Å². The summed E-state index contributed by atoms with van der Waals surface area (Å²) in [5.74, 6) is 1.80. The van der Waals surface area contributed by atoms with Gasteiger partial charge in [0.2, 0.25) is 0 Å². The zero-order valence-electron chi connectivity index (χ0n) is 10.5. The highest BCUT2D eigenvalue weighted by Gasteiger charge is 2.32. The van der Waals surface area contributed by atoms with E-state index in [2.05, 4.69) is 54.9 Å². The van der Waals surface area contributed by atoms with Crippen LogP contribution in [0.4, 0.5) is 0 Å². The second kappa shape index (κ2) is 4.91. The summed E-state index contributed by atoms with van der Waals surface area (Å²) in [7, 11) is 0. The third kappa shape index (κ3) is 2.88. The second-order valence-corrected chi connectivity index (χ2v) is 6.52. The Kier molecular flexibility index (Phi) is 3.73. The molecule has 0 aliphatic heterocycles. The van der Waals surface area contributed by atoms with Gasteiger partial charge in [-0.3, -0.25) is 0 Å². The minimum absolute atomic E-state index is 0.639. The van der Waals surface area contributed by atoms with Gasteiger partial charge in [-0.05, 0) is 56.1 Å². The Morgan fingerprint density at radius 1 is 1.31 bits per heavy atom. The molecule has 1 saturated carbocycles. The summed E-state index contributed by atoms with van der Waals surface area (Å²) < 4.78 is 0. The lowest BCUT2D eigenvalue weighted by Gasteiger charge is -2.19. The van der Waals surface area contributed by atoms with Crippen molar-refractivity contribution < 1.29 is 0 Å². The third-order valence-corrected chi connectivity index (χ3v) is 5.01. The molecule has 2 unspecified atom stereocenters. The van der Waals surface area contributed by atoms with Gasteiger partial charge >= 0.3 is 0 Å². The Labute approximate surface area is 108 Å². The smallest absolute Gasteiger partial charge is 0.0214 e. The molecule has 88 valence electrons. The van der Waals surface area contributed by atoms with Crippen LogP contribution in [0.25, 0.3) is 0 Å². The molecule has 16 heavy (non-hydrogen) atoms. The zero-order chi connectivity index (χ0) is 11.7. The standard InChI is InChI=1S/C15H21Br/c1-10-4-5-11(2)14(8-10)9-15(16)12(3)13-6-7-13/h4-5,8,12-13,15H,6-7,9H2,1-3H3. The van der Waals surface area contributed by atoms with Gasteiger partial charge in [0.05, 0.1) is 0 Å². The average molecular weight is 281 g/mol. The van der Waals surface area contributed by atoms with Gasteiger partial charge in [-0.25, -0.2) is 0 Å². The summed E-state index contributed by atoms with van der Waals surface area (Å²) in [5.41, 5.74) is 4.31. The molecule has 1 aromatic carbocycles. The van der Waals surface area contributed by atoms with E-state index in [1.165, 1.54) is 36.0 Å². The highest BCUT2D eigenvalue weighted by Crippen LogP contribution is 2.41. The van der Waals surface area contributed by atoms with E-state index in [9.17, 15) is 0 Å². The maximum absolute atomic E-state index is 3.88. The van der Waals surface area contributed by atoms with E-state index in [0.717, 1.165) is 11.8 Å². The average Bonchev–Trinajstić information content (AvgIpc) is 3.06. The number of hydrogen-bond acceptors (Lipinski definition) is 0. The Balaban J connectivity index is 2.04. The molecule has 0 amide bonds. The molecule has 1 aliphatic carbocycles. The molecule has 1 aromatic rings. The highest BCUT2D eigenvalue weighted by atomic mass is 79.9. The van der Waals surface area contributed by atoms with Crippen molar-refractivity contribution in [3.8, 4) is 0 Å². The van der Waals surface area contributed by atoms with Gasteiger partial charge in [0.25, 0.3) is 0 Å². The Hall–Kier alpha value is -0.300. The van der Waals surface area contributed by atoms with E-state index in [1.54, 1.807) is 0 Å². The van der Waals surface area contributed by atoms with Gasteiger partial charge in [0.15, 0.2) is 0 Å². The van der Waals surface area contributed by atoms with E-state index < -0.39 is 0 Å². The van der Waals surface area contributed by atoms with Crippen LogP contribution in [-0.2, 0) is 6.42 Å². The number of hydrogen-bond donors (Lipinski definition) is 0. The molecular weight excluding hydrogens is 260 g/mol. The van der Waals surface area contributed by atoms with Crippen LogP contribution in [0.2, 0.25) is 0 Å². The molecule has 0 aromatic heterocycles. The van der Waals surface area contributed by atoms with Crippen molar-refractivity contribution in [2.24, 2.45) is 11.8 Å². The predicted octanol–water partition coefficient (Wildman–Crippen LogP) is 4.66. The minimum atomic E-state index is 0.639. The SMILES string of the molecule is Cc1ccc(C)c(CC(Br)C(C)C2CC2)c1. The van der Waals surface area contributed by atoms with E-state index in [4.69, 9.17) is 0 Å². The van der Waals surface area contributed by atoms with Crippen molar-refractivity contribution in [1.82, 2.24) is 0 Å². The van der Waals surface area contributed by atoms with E-state index in [0.29, 0.717) is 4.83 Å². The van der Waals surface area contributed by atoms with Crippen LogP contribution in [-0.4, -0.2) is 4.83 Å². The Morgan fingerprint density at radius 3 is 2.62 bits per heavy atom. The summed E-state index contributed by atoms with van der Waals surface area (Å²) in [6, 6.07) is 6.78. The molecule has 0 N–H and O–H groups in total. The van der Waals surface area contributed by atoms with Crippen LogP contribution >= 0.6 is 15.9 Å². The lowest BCUT2D eigenvalue weighted by Crippen LogP contribution is -2.16. The topological polar surface area (TPSA) is 0 Å². The third-order valence-electron chi connectivity index (χ3n) is 3.86. The Morgan fingerprint density at radius 2 is 2.00 bits per heavy atom. The van der Waals surface area contributed by atoms with Gasteiger partial charge in [-0.1, -0.05) is 46.6 Å². The molecule has 2 rings (SSSR count). The van der Waals surface area contributed by atoms with Crippen molar-refractivity contribution in [3.63, 3.8) is 0 Å². The molecule has 1 fully saturated rings. The number of benzene rings is 1. The minimum Gasteiger partial charge on any atom is -0.0884 e. The largest absolute Gasteiger partial charge is 0.0884 e. The molecule has 0 saturated heterocycles. The van der Waals surface area contributed by atoms with Crippen LogP contribution in [0.3, 0.4) is 0 Å². The van der Waals surface area contributed by atoms with E-state index in [-0.39, 0.29) is 0 Å². The van der Waals surface area contributed by atoms with Crippen molar-refractivity contribution in [2.75, 3.05) is 0 Å². The first-order valence-corrected chi connectivity index (χ1v) is 7.19. The second-order valence-electron chi connectivity index (χ2n) is 5.35. The van der Waals surface area contributed by atoms with Crippen molar-refractivity contribution in [2.45, 2.75) is 44.9 Å². The van der Waals surface area contributed by atoms with Crippen LogP contribution < -0.4 is 0 Å². The van der Waals surface area contributed by atoms with Gasteiger partial charge in [-0.15, -0.1) is 0 Å². The molecule has 1 aliphatic rings. The van der Waals surface area contributed by atoms with Gasteiger partial charge in [0, 0.05) is 4.83 Å². The number of aryl methyl sites for hydroxylation is 2. The summed E-state index contributed by atoms with van der Waals surface area (Å²) in [6.45, 7) is 6.79. The van der Waals surface area contributed by atoms with Crippen molar-refractivity contribution in [3.05, 3.63) is 34.9 Å². The van der Waals surface area contributed by atoms with E-state index >= 15 is 0 Å². The number of alkyl halides is 1. The molecule has 1 heteroatoms. The zero-order valence-corrected chi connectivity index (χ0v) is 12.0. The molecule has 0 spiro atoms. The van der Waals surface area contributed by atoms with Gasteiger partial charge < -0.3 is 0 Å². The maximum Gasteiger partial charge on any atom is 0.0214 e. The van der Waals surface area contributed by atoms with Gasteiger partial charge in [0.1, 0.15) is 0 Å². The first-order chi connectivity index (χ1) is 7.58. The summed E-state index contributed by atoms with van der Waals surface area (Å²) in [6.07, 6.45) is 4.05. The van der Waals surface area contributed by atoms with Crippen LogP contribution in [0.5, 0.6) is 0 Å². The molecular formula is C15H21Br. The number of halogens is 1. The quantitative estimate of drug-likeness (QED) is 0.704. The lowest BCUT2D eigenvalue weighted by molar-refractivity contribution is 0.489. The normalized spacial score (nSPS) is 19.5. The summed E-state index contributed by atoms with van der Waals surface area (Å²) in [4.78, 5) is 0.639. The molecule has 0 radical (unpaired) electrons. The van der Waals surface area contributed by atoms with Gasteiger partial charge in [-0.2, -0.15) is 0 Å². The van der Waals surface area contributed by atoms with Crippen LogP contribution in [0.15, 0.2) is 18.2 Å². The molecule has 2 atom stereocenters. The fourth-order valence-electron chi connectivity index (χ4n) is 2.33. The monoisotopic (exact) mass is 280 g/mol. The summed E-state index contributed by atoms with van der Waals surface area (Å²) in [5, 5.41) is 0. The molecule has 0 bridgehead atoms. The first kappa shape index (κ1) is 12.2. The maximum atomic E-state index is 3.88.